The van der Waals surface area contributed by atoms with Gasteiger partial charge in [-0.15, -0.1) is 0 Å². The van der Waals surface area contributed by atoms with Crippen LogP contribution in [0.5, 0.6) is 5.75 Å². The van der Waals surface area contributed by atoms with Crippen molar-refractivity contribution < 1.29 is 10.0 Å². The minimum absolute atomic E-state index is 0.253. The van der Waals surface area contributed by atoms with Gasteiger partial charge in [-0.1, -0.05) is 46.3 Å². The van der Waals surface area contributed by atoms with Gasteiger partial charge in [0.2, 0.25) is 0 Å². The summed E-state index contributed by atoms with van der Waals surface area (Å²) in [4.78, 5) is 5.91. The Balaban J connectivity index is 2.02. The van der Waals surface area contributed by atoms with E-state index in [1.807, 2.05) is 18.2 Å². The number of quaternary nitrogens is 1. The zero-order chi connectivity index (χ0) is 15.9. The molecule has 0 fully saturated rings. The van der Waals surface area contributed by atoms with Gasteiger partial charge in [0, 0.05) is 22.7 Å². The van der Waals surface area contributed by atoms with Crippen molar-refractivity contribution in [3.05, 3.63) is 64.1 Å². The first-order chi connectivity index (χ1) is 10.6. The summed E-state index contributed by atoms with van der Waals surface area (Å²) in [5.41, 5.74) is 2.07. The standard InChI is InChI=1S/C18H21BrN2O/c1-21(2)17(10-14-6-4-3-5-7-14)13-20-12-15-11-16(19)8-9-18(15)22/h3-9,11-12,17,22H,10,13H2,1-2H3/p+1/t17-/m1/s1. The Morgan fingerprint density at radius 2 is 1.91 bits per heavy atom. The zero-order valence-electron chi connectivity index (χ0n) is 13.0. The predicted molar refractivity (Wildman–Crippen MR) is 95.0 cm³/mol. The Labute approximate surface area is 140 Å². The van der Waals surface area contributed by atoms with Crippen molar-refractivity contribution in [1.29, 1.82) is 0 Å². The van der Waals surface area contributed by atoms with Crippen molar-refractivity contribution >= 4 is 22.1 Å². The SMILES string of the molecule is C[NH+](C)[C@@H](CN=Cc1cc(Br)ccc1O)Cc1ccccc1. The Morgan fingerprint density at radius 1 is 1.18 bits per heavy atom. The molecule has 0 spiro atoms. The summed E-state index contributed by atoms with van der Waals surface area (Å²) in [6.45, 7) is 0.725. The molecule has 2 aromatic rings. The largest absolute Gasteiger partial charge is 0.507 e. The topological polar surface area (TPSA) is 37.0 Å². The second-order valence-electron chi connectivity index (χ2n) is 5.66. The minimum Gasteiger partial charge on any atom is -0.507 e. The van der Waals surface area contributed by atoms with Crippen molar-refractivity contribution in [1.82, 2.24) is 0 Å². The van der Waals surface area contributed by atoms with E-state index in [9.17, 15) is 5.11 Å². The molecule has 0 bridgehead atoms. The molecule has 4 heteroatoms. The summed E-state index contributed by atoms with van der Waals surface area (Å²) in [5, 5.41) is 9.83. The summed E-state index contributed by atoms with van der Waals surface area (Å²) in [6, 6.07) is 16.2. The average molecular weight is 362 g/mol. The lowest BCUT2D eigenvalue weighted by Crippen LogP contribution is -3.11. The van der Waals surface area contributed by atoms with Crippen LogP contribution in [0.1, 0.15) is 11.1 Å². The lowest BCUT2D eigenvalue weighted by Gasteiger charge is -2.19. The molecule has 0 aromatic heterocycles. The monoisotopic (exact) mass is 361 g/mol. The van der Waals surface area contributed by atoms with Gasteiger partial charge in [0.15, 0.2) is 0 Å². The maximum Gasteiger partial charge on any atom is 0.124 e. The Kier molecular flexibility index (Phi) is 6.16. The number of aliphatic imine (C=N–C) groups is 1. The number of rotatable bonds is 6. The molecule has 0 aliphatic rings. The highest BCUT2D eigenvalue weighted by Crippen LogP contribution is 2.20. The molecule has 2 N–H and O–H groups in total. The molecule has 0 radical (unpaired) electrons. The molecule has 0 saturated heterocycles. The van der Waals surface area contributed by atoms with Crippen LogP contribution in [0.3, 0.4) is 0 Å². The van der Waals surface area contributed by atoms with Crippen LogP contribution < -0.4 is 4.90 Å². The predicted octanol–water partition coefficient (Wildman–Crippen LogP) is 2.33. The molecule has 0 aliphatic heterocycles. The number of halogens is 1. The minimum atomic E-state index is 0.253. The van der Waals surface area contributed by atoms with E-state index in [4.69, 9.17) is 0 Å². The van der Waals surface area contributed by atoms with Crippen LogP contribution >= 0.6 is 15.9 Å². The van der Waals surface area contributed by atoms with Gasteiger partial charge >= 0.3 is 0 Å². The first-order valence-electron chi connectivity index (χ1n) is 7.38. The van der Waals surface area contributed by atoms with Gasteiger partial charge < -0.3 is 10.0 Å². The highest BCUT2D eigenvalue weighted by atomic mass is 79.9. The molecule has 3 nitrogen and oxygen atoms in total. The van der Waals surface area contributed by atoms with E-state index in [0.29, 0.717) is 6.04 Å². The molecule has 116 valence electrons. The number of phenolic OH excluding ortho intramolecular Hbond substituents is 1. The third kappa shape index (κ3) is 4.97. The van der Waals surface area contributed by atoms with E-state index in [1.165, 1.54) is 10.5 Å². The molecule has 0 heterocycles. The van der Waals surface area contributed by atoms with Crippen molar-refractivity contribution in [2.24, 2.45) is 4.99 Å². The fourth-order valence-corrected chi connectivity index (χ4v) is 2.64. The maximum atomic E-state index is 9.83. The van der Waals surface area contributed by atoms with Gasteiger partial charge in [-0.05, 0) is 23.8 Å². The van der Waals surface area contributed by atoms with Crippen molar-refractivity contribution in [3.8, 4) is 5.75 Å². The molecule has 1 atom stereocenters. The summed E-state index contributed by atoms with van der Waals surface area (Å²) >= 11 is 3.41. The van der Waals surface area contributed by atoms with Gasteiger partial charge in [0.1, 0.15) is 11.8 Å². The fraction of sp³-hybridized carbons (Fsp3) is 0.278. The molecule has 2 aromatic carbocycles. The van der Waals surface area contributed by atoms with Gasteiger partial charge in [-0.25, -0.2) is 0 Å². The summed E-state index contributed by atoms with van der Waals surface area (Å²) in [7, 11) is 4.30. The number of phenols is 1. The van der Waals surface area contributed by atoms with E-state index >= 15 is 0 Å². The van der Waals surface area contributed by atoms with Crippen molar-refractivity contribution in [2.75, 3.05) is 20.6 Å². The van der Waals surface area contributed by atoms with E-state index in [2.05, 4.69) is 59.3 Å². The maximum absolute atomic E-state index is 9.83. The lowest BCUT2D eigenvalue weighted by molar-refractivity contribution is -0.883. The van der Waals surface area contributed by atoms with Gasteiger partial charge in [-0.3, -0.25) is 4.99 Å². The number of hydrogen-bond acceptors (Lipinski definition) is 2. The highest BCUT2D eigenvalue weighted by molar-refractivity contribution is 9.10. The number of likely N-dealkylation sites (N-methyl/N-ethyl adjacent to an activating group) is 1. The van der Waals surface area contributed by atoms with E-state index in [-0.39, 0.29) is 5.75 Å². The summed E-state index contributed by atoms with van der Waals surface area (Å²) in [6.07, 6.45) is 2.74. The zero-order valence-corrected chi connectivity index (χ0v) is 14.5. The third-order valence-electron chi connectivity index (χ3n) is 3.69. The van der Waals surface area contributed by atoms with Crippen molar-refractivity contribution in [3.63, 3.8) is 0 Å². The number of nitrogens with one attached hydrogen (secondary N) is 1. The van der Waals surface area contributed by atoms with Crippen LogP contribution in [-0.2, 0) is 6.42 Å². The highest BCUT2D eigenvalue weighted by Gasteiger charge is 2.14. The first kappa shape index (κ1) is 16.7. The Morgan fingerprint density at radius 3 is 2.59 bits per heavy atom. The molecule has 0 unspecified atom stereocenters. The molecule has 0 amide bonds. The molecular weight excluding hydrogens is 340 g/mol. The number of nitrogens with zero attached hydrogens (tertiary/aromatic N) is 1. The Hall–Kier alpha value is -1.65. The van der Waals surface area contributed by atoms with Crippen LogP contribution in [-0.4, -0.2) is 38.0 Å². The first-order valence-corrected chi connectivity index (χ1v) is 8.18. The van der Waals surface area contributed by atoms with Crippen LogP contribution in [0.4, 0.5) is 0 Å². The molecule has 0 aliphatic carbocycles. The molecular formula is C18H22BrN2O+. The second kappa shape index (κ2) is 8.11. The number of benzene rings is 2. The summed E-state index contributed by atoms with van der Waals surface area (Å²) < 4.78 is 0.936. The van der Waals surface area contributed by atoms with Gasteiger partial charge in [-0.2, -0.15) is 0 Å². The number of hydrogen-bond donors (Lipinski definition) is 2. The van der Waals surface area contributed by atoms with E-state index in [0.717, 1.165) is 23.0 Å². The van der Waals surface area contributed by atoms with Crippen LogP contribution in [0, 0.1) is 0 Å². The van der Waals surface area contributed by atoms with Crippen LogP contribution in [0.2, 0.25) is 0 Å². The lowest BCUT2D eigenvalue weighted by atomic mass is 10.1. The normalized spacial score (nSPS) is 12.9. The molecule has 0 saturated carbocycles. The number of aromatic hydroxyl groups is 1. The van der Waals surface area contributed by atoms with Crippen LogP contribution in [0.25, 0.3) is 0 Å². The van der Waals surface area contributed by atoms with Crippen LogP contribution in [0.15, 0.2) is 58.0 Å². The average Bonchev–Trinajstić information content (AvgIpc) is 2.50. The quantitative estimate of drug-likeness (QED) is 0.761. The summed E-state index contributed by atoms with van der Waals surface area (Å²) in [5.74, 6) is 0.253. The van der Waals surface area contributed by atoms with Gasteiger partial charge in [0.05, 0.1) is 20.6 Å². The third-order valence-corrected chi connectivity index (χ3v) is 4.18. The van der Waals surface area contributed by atoms with Gasteiger partial charge in [0.25, 0.3) is 0 Å². The Bertz CT molecular complexity index is 626. The van der Waals surface area contributed by atoms with E-state index < -0.39 is 0 Å². The molecule has 2 rings (SSSR count). The smallest absolute Gasteiger partial charge is 0.124 e. The fourth-order valence-electron chi connectivity index (χ4n) is 2.26. The second-order valence-corrected chi connectivity index (χ2v) is 6.58. The van der Waals surface area contributed by atoms with Crippen molar-refractivity contribution in [2.45, 2.75) is 12.5 Å². The molecule has 22 heavy (non-hydrogen) atoms. The van der Waals surface area contributed by atoms with E-state index in [1.54, 1.807) is 12.3 Å².